The van der Waals surface area contributed by atoms with Crippen molar-refractivity contribution in [2.45, 2.75) is 13.3 Å². The Hall–Kier alpha value is -2.38. The van der Waals surface area contributed by atoms with E-state index in [0.29, 0.717) is 17.9 Å². The molecule has 0 saturated carbocycles. The Labute approximate surface area is 170 Å². The van der Waals surface area contributed by atoms with Gasteiger partial charge in [0, 0.05) is 34.1 Å². The van der Waals surface area contributed by atoms with Gasteiger partial charge in [-0.1, -0.05) is 35.0 Å². The monoisotopic (exact) mass is 445 g/mol. The minimum absolute atomic E-state index is 0.128. The summed E-state index contributed by atoms with van der Waals surface area (Å²) in [5, 5.41) is 16.8. The number of benzene rings is 2. The van der Waals surface area contributed by atoms with Crippen LogP contribution < -0.4 is 9.54 Å². The lowest BCUT2D eigenvalue weighted by atomic mass is 10.2. The summed E-state index contributed by atoms with van der Waals surface area (Å²) in [5.74, 6) is 0.776. The zero-order valence-electron chi connectivity index (χ0n) is 15.1. The van der Waals surface area contributed by atoms with E-state index >= 15 is 0 Å². The first kappa shape index (κ1) is 19.4. The van der Waals surface area contributed by atoms with Crippen LogP contribution >= 0.6 is 27.3 Å². The number of phenolic OH excluding ortho intramolecular Hbond substituents is 1. The normalized spacial score (nSPS) is 12.0. The molecule has 0 fully saturated rings. The molecule has 0 bridgehead atoms. The molecule has 0 aliphatic rings. The highest BCUT2D eigenvalue weighted by atomic mass is 79.9. The molecule has 0 amide bonds. The van der Waals surface area contributed by atoms with Gasteiger partial charge in [0.25, 0.3) is 0 Å². The summed E-state index contributed by atoms with van der Waals surface area (Å²) in [7, 11) is 1.74. The minimum Gasteiger partial charge on any atom is -0.507 e. The van der Waals surface area contributed by atoms with E-state index in [1.54, 1.807) is 30.1 Å². The predicted octanol–water partition coefficient (Wildman–Crippen LogP) is 4.89. The van der Waals surface area contributed by atoms with Crippen LogP contribution in [0.25, 0.3) is 11.3 Å². The molecule has 1 heterocycles. The van der Waals surface area contributed by atoms with Crippen molar-refractivity contribution in [1.82, 2.24) is 4.68 Å². The largest absolute Gasteiger partial charge is 0.507 e. The van der Waals surface area contributed by atoms with E-state index < -0.39 is 0 Å². The van der Waals surface area contributed by atoms with Gasteiger partial charge in [0.1, 0.15) is 11.5 Å². The fraction of sp³-hybridized carbons (Fsp3) is 0.200. The van der Waals surface area contributed by atoms with Gasteiger partial charge in [-0.05, 0) is 30.7 Å². The molecule has 1 aromatic heterocycles. The number of rotatable bonds is 6. The number of ether oxygens (including phenoxy) is 1. The summed E-state index contributed by atoms with van der Waals surface area (Å²) in [5.41, 5.74) is 2.59. The Balaban J connectivity index is 1.93. The summed E-state index contributed by atoms with van der Waals surface area (Å²) in [4.78, 5) is 5.06. The molecule has 0 spiro atoms. The van der Waals surface area contributed by atoms with Gasteiger partial charge < -0.3 is 9.84 Å². The molecule has 0 unspecified atom stereocenters. The number of aromatic hydroxyl groups is 1. The standard InChI is InChI=1S/C20H20BrN3O2S/c1-3-10-26-17-9-6-15(19(25)11-17)12-23-24-18(13-27-20(24)22-2)14-4-7-16(21)8-5-14/h4-9,11-13,25H,3,10H2,1-2H3. The van der Waals surface area contributed by atoms with Gasteiger partial charge in [-0.25, -0.2) is 4.68 Å². The van der Waals surface area contributed by atoms with Crippen LogP contribution in [-0.4, -0.2) is 29.7 Å². The molecule has 1 N–H and O–H groups in total. The zero-order valence-corrected chi connectivity index (χ0v) is 17.5. The highest BCUT2D eigenvalue weighted by Gasteiger charge is 2.08. The number of nitrogens with zero attached hydrogens (tertiary/aromatic N) is 3. The Morgan fingerprint density at radius 2 is 2.00 bits per heavy atom. The second-order valence-electron chi connectivity index (χ2n) is 5.76. The lowest BCUT2D eigenvalue weighted by Gasteiger charge is -2.07. The van der Waals surface area contributed by atoms with Crippen LogP contribution in [0, 0.1) is 0 Å². The first-order valence-corrected chi connectivity index (χ1v) is 10.2. The van der Waals surface area contributed by atoms with Gasteiger partial charge >= 0.3 is 0 Å². The summed E-state index contributed by atoms with van der Waals surface area (Å²) >= 11 is 4.97. The number of phenols is 1. The van der Waals surface area contributed by atoms with Crippen molar-refractivity contribution in [2.24, 2.45) is 10.1 Å². The molecule has 7 heteroatoms. The van der Waals surface area contributed by atoms with Crippen LogP contribution in [0.15, 0.2) is 62.4 Å². The van der Waals surface area contributed by atoms with Crippen LogP contribution in [0.2, 0.25) is 0 Å². The molecular weight excluding hydrogens is 426 g/mol. The second-order valence-corrected chi connectivity index (χ2v) is 7.51. The maximum atomic E-state index is 10.3. The van der Waals surface area contributed by atoms with Crippen LogP contribution in [0.5, 0.6) is 11.5 Å². The molecule has 5 nitrogen and oxygen atoms in total. The Kier molecular flexibility index (Phi) is 6.47. The Morgan fingerprint density at radius 1 is 1.22 bits per heavy atom. The SMILES string of the molecule is CCCOc1ccc(C=Nn2c(-c3ccc(Br)cc3)csc2=NC)c(O)c1. The lowest BCUT2D eigenvalue weighted by Crippen LogP contribution is -2.11. The van der Waals surface area contributed by atoms with Crippen molar-refractivity contribution in [3.63, 3.8) is 0 Å². The minimum atomic E-state index is 0.128. The average Bonchev–Trinajstić information content (AvgIpc) is 3.09. The second kappa shape index (κ2) is 9.01. The van der Waals surface area contributed by atoms with Crippen molar-refractivity contribution >= 4 is 33.5 Å². The number of halogens is 1. The van der Waals surface area contributed by atoms with Crippen LogP contribution in [0.3, 0.4) is 0 Å². The molecule has 0 saturated heterocycles. The lowest BCUT2D eigenvalue weighted by molar-refractivity contribution is 0.315. The van der Waals surface area contributed by atoms with Crippen LogP contribution in [0.1, 0.15) is 18.9 Å². The molecule has 140 valence electrons. The highest BCUT2D eigenvalue weighted by molar-refractivity contribution is 9.10. The van der Waals surface area contributed by atoms with Gasteiger partial charge in [-0.2, -0.15) is 5.10 Å². The summed E-state index contributed by atoms with van der Waals surface area (Å²) in [6.07, 6.45) is 2.55. The molecule has 0 aliphatic carbocycles. The first-order chi connectivity index (χ1) is 13.1. The molecule has 3 rings (SSSR count). The van der Waals surface area contributed by atoms with E-state index in [0.717, 1.165) is 27.0 Å². The van der Waals surface area contributed by atoms with Gasteiger partial charge in [0.15, 0.2) is 0 Å². The Bertz CT molecular complexity index is 1010. The molecular formula is C20H20BrN3O2S. The fourth-order valence-corrected chi connectivity index (χ4v) is 3.51. The highest BCUT2D eigenvalue weighted by Crippen LogP contribution is 2.24. The molecule has 0 radical (unpaired) electrons. The zero-order chi connectivity index (χ0) is 19.2. The summed E-state index contributed by atoms with van der Waals surface area (Å²) in [6.45, 7) is 2.66. The third-order valence-corrected chi connectivity index (χ3v) is 5.24. The van der Waals surface area contributed by atoms with Crippen molar-refractivity contribution < 1.29 is 9.84 Å². The van der Waals surface area contributed by atoms with E-state index in [1.807, 2.05) is 42.6 Å². The number of hydrogen-bond acceptors (Lipinski definition) is 5. The topological polar surface area (TPSA) is 59.1 Å². The quantitative estimate of drug-likeness (QED) is 0.549. The first-order valence-electron chi connectivity index (χ1n) is 8.52. The van der Waals surface area contributed by atoms with E-state index in [4.69, 9.17) is 4.74 Å². The number of aromatic nitrogens is 1. The van der Waals surface area contributed by atoms with Gasteiger partial charge in [0.05, 0.1) is 18.5 Å². The summed E-state index contributed by atoms with van der Waals surface area (Å²) < 4.78 is 8.33. The van der Waals surface area contributed by atoms with Crippen molar-refractivity contribution in [2.75, 3.05) is 13.7 Å². The van der Waals surface area contributed by atoms with Crippen LogP contribution in [0.4, 0.5) is 0 Å². The maximum absolute atomic E-state index is 10.3. The molecule has 27 heavy (non-hydrogen) atoms. The van der Waals surface area contributed by atoms with Crippen molar-refractivity contribution in [3.8, 4) is 22.8 Å². The van der Waals surface area contributed by atoms with E-state index in [9.17, 15) is 5.11 Å². The van der Waals surface area contributed by atoms with E-state index in [2.05, 4.69) is 26.0 Å². The molecule has 0 atom stereocenters. The van der Waals surface area contributed by atoms with Crippen LogP contribution in [-0.2, 0) is 0 Å². The number of hydrogen-bond donors (Lipinski definition) is 1. The van der Waals surface area contributed by atoms with Gasteiger partial charge in [-0.3, -0.25) is 4.99 Å². The maximum Gasteiger partial charge on any atom is 0.205 e. The van der Waals surface area contributed by atoms with Gasteiger partial charge in [0.2, 0.25) is 4.80 Å². The average molecular weight is 446 g/mol. The third-order valence-electron chi connectivity index (χ3n) is 3.80. The van der Waals surface area contributed by atoms with Gasteiger partial charge in [-0.15, -0.1) is 11.3 Å². The molecule has 0 aliphatic heterocycles. The van der Waals surface area contributed by atoms with Crippen molar-refractivity contribution in [1.29, 1.82) is 0 Å². The third kappa shape index (κ3) is 4.67. The predicted molar refractivity (Wildman–Crippen MR) is 114 cm³/mol. The fourth-order valence-electron chi connectivity index (χ4n) is 2.44. The van der Waals surface area contributed by atoms with E-state index in [-0.39, 0.29) is 5.75 Å². The van der Waals surface area contributed by atoms with Crippen molar-refractivity contribution in [3.05, 3.63) is 62.7 Å². The summed E-state index contributed by atoms with van der Waals surface area (Å²) in [6, 6.07) is 13.3. The molecule has 2 aromatic carbocycles. The molecule has 3 aromatic rings. The Morgan fingerprint density at radius 3 is 2.67 bits per heavy atom. The van der Waals surface area contributed by atoms with E-state index in [1.165, 1.54) is 11.3 Å². The smallest absolute Gasteiger partial charge is 0.205 e. The number of thiazole rings is 1.